The average molecular weight is 368 g/mol. The van der Waals surface area contributed by atoms with Crippen molar-refractivity contribution in [2.75, 3.05) is 19.8 Å². The third kappa shape index (κ3) is 2.80. The highest BCUT2D eigenvalue weighted by atomic mass is 16.3. The average Bonchev–Trinajstić information content (AvgIpc) is 3.38. The van der Waals surface area contributed by atoms with Gasteiger partial charge >= 0.3 is 17.8 Å². The molecule has 0 N–H and O–H groups in total. The van der Waals surface area contributed by atoms with Gasteiger partial charge in [0.1, 0.15) is 5.52 Å². The molecule has 3 heterocycles. The summed E-state index contributed by atoms with van der Waals surface area (Å²) in [4.78, 5) is 45.5. The van der Waals surface area contributed by atoms with Gasteiger partial charge in [0.25, 0.3) is 0 Å². The van der Waals surface area contributed by atoms with Crippen LogP contribution in [0.5, 0.6) is 0 Å². The highest BCUT2D eigenvalue weighted by Crippen LogP contribution is 2.32. The van der Waals surface area contributed by atoms with Crippen molar-refractivity contribution in [2.24, 2.45) is 0 Å². The molecule has 3 aliphatic rings. The topological polar surface area (TPSA) is 87.0 Å². The summed E-state index contributed by atoms with van der Waals surface area (Å²) >= 11 is 0. The van der Waals surface area contributed by atoms with Crippen LogP contribution in [0.3, 0.4) is 0 Å². The number of carbonyl (C=O) groups is 3. The number of imide groups is 2. The van der Waals surface area contributed by atoms with E-state index in [-0.39, 0.29) is 18.6 Å². The van der Waals surface area contributed by atoms with Gasteiger partial charge in [0, 0.05) is 25.0 Å². The number of hydrogen-bond acceptors (Lipinski definition) is 6. The summed E-state index contributed by atoms with van der Waals surface area (Å²) < 4.78 is 5.87. The monoisotopic (exact) mass is 368 g/mol. The summed E-state index contributed by atoms with van der Waals surface area (Å²) in [5.41, 5.74) is 1.66. The van der Waals surface area contributed by atoms with Gasteiger partial charge < -0.3 is 4.42 Å². The van der Waals surface area contributed by atoms with Gasteiger partial charge in [0.15, 0.2) is 11.5 Å². The standard InChI is InChI=1S/C19H20N4O4/c24-17-18(25)23(13-5-6-13)19(26)22(17)11-21-9-7-12(8-10-21)16-20-14-3-1-2-4-15(14)27-16/h1-4,12-13H,5-11H2. The SMILES string of the molecule is O=C1C(=O)N(C2CC2)C(=O)N1CN1CCC(c2nc3ccccc3o2)CC1. The molecule has 0 unspecified atom stereocenters. The summed E-state index contributed by atoms with van der Waals surface area (Å²) in [6.45, 7) is 1.61. The Bertz CT molecular complexity index is 894. The Balaban J connectivity index is 1.22. The fourth-order valence-corrected chi connectivity index (χ4v) is 3.89. The number of benzene rings is 1. The summed E-state index contributed by atoms with van der Waals surface area (Å²) in [7, 11) is 0. The molecule has 2 aromatic rings. The first-order chi connectivity index (χ1) is 13.1. The maximum absolute atomic E-state index is 12.4. The molecular weight excluding hydrogens is 348 g/mol. The Hall–Kier alpha value is -2.74. The maximum Gasteiger partial charge on any atom is 0.335 e. The number of piperidine rings is 1. The molecule has 1 saturated carbocycles. The first kappa shape index (κ1) is 16.4. The van der Waals surface area contributed by atoms with Crippen LogP contribution in [0.1, 0.15) is 37.5 Å². The van der Waals surface area contributed by atoms with Crippen LogP contribution in [0.25, 0.3) is 11.1 Å². The van der Waals surface area contributed by atoms with Crippen molar-refractivity contribution in [3.63, 3.8) is 0 Å². The second-order valence-corrected chi connectivity index (χ2v) is 7.48. The quantitative estimate of drug-likeness (QED) is 0.605. The van der Waals surface area contributed by atoms with E-state index in [1.807, 2.05) is 29.2 Å². The number of amides is 4. The van der Waals surface area contributed by atoms with Crippen LogP contribution in [0.4, 0.5) is 4.79 Å². The molecule has 8 nitrogen and oxygen atoms in total. The zero-order chi connectivity index (χ0) is 18.5. The molecule has 1 aromatic carbocycles. The zero-order valence-electron chi connectivity index (χ0n) is 14.8. The molecule has 0 radical (unpaired) electrons. The van der Waals surface area contributed by atoms with Gasteiger partial charge in [-0.1, -0.05) is 12.1 Å². The number of aromatic nitrogens is 1. The van der Waals surface area contributed by atoms with Crippen molar-refractivity contribution in [2.45, 2.75) is 37.6 Å². The van der Waals surface area contributed by atoms with E-state index in [1.54, 1.807) is 0 Å². The smallest absolute Gasteiger partial charge is 0.335 e. The van der Waals surface area contributed by atoms with Crippen LogP contribution < -0.4 is 0 Å². The fourth-order valence-electron chi connectivity index (χ4n) is 3.89. The number of carbonyl (C=O) groups excluding carboxylic acids is 3. The lowest BCUT2D eigenvalue weighted by Gasteiger charge is -2.32. The minimum absolute atomic E-state index is 0.0798. The largest absolute Gasteiger partial charge is 0.440 e. The normalized spacial score (nSPS) is 22.4. The number of fused-ring (bicyclic) bond motifs is 1. The van der Waals surface area contributed by atoms with Crippen molar-refractivity contribution in [3.8, 4) is 0 Å². The zero-order valence-corrected chi connectivity index (χ0v) is 14.8. The van der Waals surface area contributed by atoms with E-state index in [1.165, 1.54) is 0 Å². The van der Waals surface area contributed by atoms with Gasteiger partial charge in [-0.2, -0.15) is 0 Å². The van der Waals surface area contributed by atoms with Gasteiger partial charge in [-0.15, -0.1) is 0 Å². The number of hydrogen-bond donors (Lipinski definition) is 0. The van der Waals surface area contributed by atoms with Gasteiger partial charge in [0.05, 0.1) is 6.67 Å². The molecule has 2 aliphatic heterocycles. The van der Waals surface area contributed by atoms with E-state index >= 15 is 0 Å². The molecule has 1 aliphatic carbocycles. The Morgan fingerprint density at radius 2 is 1.74 bits per heavy atom. The molecule has 4 amide bonds. The number of rotatable bonds is 4. The molecule has 0 spiro atoms. The molecule has 140 valence electrons. The first-order valence-corrected chi connectivity index (χ1v) is 9.38. The lowest BCUT2D eigenvalue weighted by molar-refractivity contribution is -0.144. The van der Waals surface area contributed by atoms with Crippen molar-refractivity contribution in [1.29, 1.82) is 0 Å². The van der Waals surface area contributed by atoms with E-state index in [4.69, 9.17) is 4.42 Å². The summed E-state index contributed by atoms with van der Waals surface area (Å²) in [5.74, 6) is -0.403. The Labute approximate surface area is 155 Å². The van der Waals surface area contributed by atoms with E-state index in [2.05, 4.69) is 4.98 Å². The van der Waals surface area contributed by atoms with Crippen LogP contribution in [-0.2, 0) is 9.59 Å². The van der Waals surface area contributed by atoms with Crippen LogP contribution in [0.15, 0.2) is 28.7 Å². The minimum Gasteiger partial charge on any atom is -0.440 e. The van der Waals surface area contributed by atoms with E-state index in [9.17, 15) is 14.4 Å². The van der Waals surface area contributed by atoms with Gasteiger partial charge in [-0.25, -0.2) is 14.7 Å². The molecule has 2 saturated heterocycles. The van der Waals surface area contributed by atoms with Gasteiger partial charge in [-0.3, -0.25) is 19.4 Å². The predicted octanol–water partition coefficient (Wildman–Crippen LogP) is 1.92. The summed E-state index contributed by atoms with van der Waals surface area (Å²) in [6.07, 6.45) is 3.27. The van der Waals surface area contributed by atoms with E-state index < -0.39 is 17.8 Å². The first-order valence-electron chi connectivity index (χ1n) is 9.38. The second-order valence-electron chi connectivity index (χ2n) is 7.48. The third-order valence-electron chi connectivity index (χ3n) is 5.58. The molecule has 27 heavy (non-hydrogen) atoms. The lowest BCUT2D eigenvalue weighted by atomic mass is 9.97. The van der Waals surface area contributed by atoms with Crippen molar-refractivity contribution < 1.29 is 18.8 Å². The highest BCUT2D eigenvalue weighted by molar-refractivity contribution is 6.44. The molecule has 1 aromatic heterocycles. The summed E-state index contributed by atoms with van der Waals surface area (Å²) in [6, 6.07) is 7.17. The minimum atomic E-state index is -0.701. The van der Waals surface area contributed by atoms with Crippen LogP contribution in [0.2, 0.25) is 0 Å². The van der Waals surface area contributed by atoms with E-state index in [0.717, 1.165) is 65.6 Å². The molecule has 5 rings (SSSR count). The highest BCUT2D eigenvalue weighted by Gasteiger charge is 2.51. The number of para-hydroxylation sites is 2. The van der Waals surface area contributed by atoms with Crippen molar-refractivity contribution in [1.82, 2.24) is 19.7 Å². The van der Waals surface area contributed by atoms with Crippen molar-refractivity contribution in [3.05, 3.63) is 30.2 Å². The van der Waals surface area contributed by atoms with Crippen LogP contribution >= 0.6 is 0 Å². The van der Waals surface area contributed by atoms with Crippen LogP contribution in [-0.4, -0.2) is 63.3 Å². The molecule has 8 heteroatoms. The van der Waals surface area contributed by atoms with Gasteiger partial charge in [-0.05, 0) is 37.8 Å². The second kappa shape index (κ2) is 6.16. The number of urea groups is 1. The number of nitrogens with zero attached hydrogens (tertiary/aromatic N) is 4. The van der Waals surface area contributed by atoms with Crippen LogP contribution in [0, 0.1) is 0 Å². The molecule has 3 fully saturated rings. The molecule has 0 bridgehead atoms. The number of likely N-dealkylation sites (tertiary alicyclic amines) is 1. The van der Waals surface area contributed by atoms with Gasteiger partial charge in [0.2, 0.25) is 0 Å². The number of oxazole rings is 1. The molecule has 0 atom stereocenters. The Morgan fingerprint density at radius 1 is 1.00 bits per heavy atom. The predicted molar refractivity (Wildman–Crippen MR) is 94.5 cm³/mol. The Morgan fingerprint density at radius 3 is 2.44 bits per heavy atom. The Kier molecular flexibility index (Phi) is 3.75. The lowest BCUT2D eigenvalue weighted by Crippen LogP contribution is -2.45. The molecular formula is C19H20N4O4. The summed E-state index contributed by atoms with van der Waals surface area (Å²) in [5, 5.41) is 0. The fraction of sp³-hybridized carbons (Fsp3) is 0.474. The van der Waals surface area contributed by atoms with Crippen molar-refractivity contribution >= 4 is 28.9 Å². The third-order valence-corrected chi connectivity index (χ3v) is 5.58. The van der Waals surface area contributed by atoms with E-state index in [0.29, 0.717) is 0 Å². The maximum atomic E-state index is 12.4.